The number of hydrogen-bond acceptors (Lipinski definition) is 6. The van der Waals surface area contributed by atoms with Gasteiger partial charge in [0.25, 0.3) is 0 Å². The van der Waals surface area contributed by atoms with Crippen LogP contribution in [-0.4, -0.2) is 40.0 Å². The third-order valence-electron chi connectivity index (χ3n) is 4.17. The van der Waals surface area contributed by atoms with Crippen LogP contribution in [0, 0.1) is 0 Å². The molecule has 2 aromatic rings. The molecule has 0 bridgehead atoms. The molecule has 3 rings (SSSR count). The number of methoxy groups -OCH3 is 2. The second-order valence-electron chi connectivity index (χ2n) is 5.35. The predicted molar refractivity (Wildman–Crippen MR) is 77.8 cm³/mol. The van der Waals surface area contributed by atoms with Crippen LogP contribution in [0.15, 0.2) is 18.2 Å². The Morgan fingerprint density at radius 3 is 2.76 bits per heavy atom. The van der Waals surface area contributed by atoms with Crippen LogP contribution in [0.1, 0.15) is 19.3 Å². The van der Waals surface area contributed by atoms with Crippen molar-refractivity contribution in [3.63, 3.8) is 0 Å². The van der Waals surface area contributed by atoms with E-state index >= 15 is 0 Å². The van der Waals surface area contributed by atoms with Crippen LogP contribution in [0.5, 0.6) is 5.75 Å². The standard InChI is InChI=1S/C14H19N5O2/c1-20-10-4-5-12(15)11(8-10)13-16-17-18-19(13)9-14(21-2)6-3-7-14/h4-5,8H,3,6-7,9,15H2,1-2H3. The largest absolute Gasteiger partial charge is 0.497 e. The third kappa shape index (κ3) is 2.44. The predicted octanol–water partition coefficient (Wildman–Crippen LogP) is 1.50. The third-order valence-corrected chi connectivity index (χ3v) is 4.17. The van der Waals surface area contributed by atoms with E-state index in [1.807, 2.05) is 12.1 Å². The molecule has 7 heteroatoms. The number of anilines is 1. The highest BCUT2D eigenvalue weighted by Crippen LogP contribution is 2.37. The number of nitrogen functional groups attached to an aromatic ring is 1. The zero-order chi connectivity index (χ0) is 14.9. The van der Waals surface area contributed by atoms with Gasteiger partial charge in [-0.3, -0.25) is 0 Å². The summed E-state index contributed by atoms with van der Waals surface area (Å²) in [6.45, 7) is 0.627. The van der Waals surface area contributed by atoms with Crippen LogP contribution in [0.2, 0.25) is 0 Å². The van der Waals surface area contributed by atoms with Crippen LogP contribution >= 0.6 is 0 Å². The Morgan fingerprint density at radius 2 is 2.14 bits per heavy atom. The van der Waals surface area contributed by atoms with Gasteiger partial charge in [-0.1, -0.05) is 0 Å². The van der Waals surface area contributed by atoms with E-state index in [2.05, 4.69) is 15.5 Å². The van der Waals surface area contributed by atoms with E-state index in [0.29, 0.717) is 18.1 Å². The summed E-state index contributed by atoms with van der Waals surface area (Å²) in [5, 5.41) is 12.0. The number of nitrogens with zero attached hydrogens (tertiary/aromatic N) is 4. The maximum Gasteiger partial charge on any atom is 0.184 e. The molecular formula is C14H19N5O2. The van der Waals surface area contributed by atoms with Crippen molar-refractivity contribution in [2.75, 3.05) is 20.0 Å². The van der Waals surface area contributed by atoms with Crippen molar-refractivity contribution in [2.45, 2.75) is 31.4 Å². The van der Waals surface area contributed by atoms with Gasteiger partial charge in [0.2, 0.25) is 0 Å². The van der Waals surface area contributed by atoms with Crippen molar-refractivity contribution in [3.8, 4) is 17.1 Å². The second kappa shape index (κ2) is 5.33. The number of benzene rings is 1. The maximum atomic E-state index is 6.05. The lowest BCUT2D eigenvalue weighted by Gasteiger charge is -2.40. The van der Waals surface area contributed by atoms with E-state index in [0.717, 1.165) is 24.2 Å². The molecule has 7 nitrogen and oxygen atoms in total. The minimum absolute atomic E-state index is 0.155. The Labute approximate surface area is 123 Å². The highest BCUT2D eigenvalue weighted by molar-refractivity contribution is 5.73. The second-order valence-corrected chi connectivity index (χ2v) is 5.35. The van der Waals surface area contributed by atoms with Gasteiger partial charge in [-0.25, -0.2) is 4.68 Å². The molecule has 2 N–H and O–H groups in total. The summed E-state index contributed by atoms with van der Waals surface area (Å²) >= 11 is 0. The molecule has 21 heavy (non-hydrogen) atoms. The maximum absolute atomic E-state index is 6.05. The monoisotopic (exact) mass is 289 g/mol. The first-order valence-electron chi connectivity index (χ1n) is 6.93. The highest BCUT2D eigenvalue weighted by atomic mass is 16.5. The molecule has 1 aromatic carbocycles. The molecule has 0 aliphatic heterocycles. The lowest BCUT2D eigenvalue weighted by molar-refractivity contribution is -0.0855. The fourth-order valence-electron chi connectivity index (χ4n) is 2.63. The van der Waals surface area contributed by atoms with Gasteiger partial charge in [-0.05, 0) is 47.9 Å². The van der Waals surface area contributed by atoms with Crippen molar-refractivity contribution in [3.05, 3.63) is 18.2 Å². The number of hydrogen-bond donors (Lipinski definition) is 1. The average molecular weight is 289 g/mol. The fourth-order valence-corrected chi connectivity index (χ4v) is 2.63. The van der Waals surface area contributed by atoms with Gasteiger partial charge in [-0.15, -0.1) is 5.10 Å². The van der Waals surface area contributed by atoms with Gasteiger partial charge < -0.3 is 15.2 Å². The normalized spacial score (nSPS) is 16.5. The molecule has 0 spiro atoms. The quantitative estimate of drug-likeness (QED) is 0.839. The SMILES string of the molecule is COc1ccc(N)c(-c2nnnn2CC2(OC)CCC2)c1. The van der Waals surface area contributed by atoms with Crippen molar-refractivity contribution in [1.29, 1.82) is 0 Å². The molecule has 0 atom stereocenters. The van der Waals surface area contributed by atoms with E-state index in [1.54, 1.807) is 25.0 Å². The summed E-state index contributed by atoms with van der Waals surface area (Å²) in [7, 11) is 3.36. The summed E-state index contributed by atoms with van der Waals surface area (Å²) in [5.74, 6) is 1.36. The van der Waals surface area contributed by atoms with Gasteiger partial charge >= 0.3 is 0 Å². The van der Waals surface area contributed by atoms with Crippen LogP contribution < -0.4 is 10.5 Å². The lowest BCUT2D eigenvalue weighted by Crippen LogP contribution is -2.43. The van der Waals surface area contributed by atoms with Crippen LogP contribution in [0.25, 0.3) is 11.4 Å². The summed E-state index contributed by atoms with van der Waals surface area (Å²) < 4.78 is 12.6. The molecule has 1 fully saturated rings. The summed E-state index contributed by atoms with van der Waals surface area (Å²) in [5.41, 5.74) is 7.28. The molecule has 0 radical (unpaired) electrons. The Hall–Kier alpha value is -2.15. The van der Waals surface area contributed by atoms with E-state index in [1.165, 1.54) is 6.42 Å². The van der Waals surface area contributed by atoms with Gasteiger partial charge in [0.15, 0.2) is 5.82 Å². The Morgan fingerprint density at radius 1 is 1.33 bits per heavy atom. The molecule has 0 saturated heterocycles. The van der Waals surface area contributed by atoms with Gasteiger partial charge in [0, 0.05) is 18.4 Å². The topological polar surface area (TPSA) is 88.1 Å². The first-order chi connectivity index (χ1) is 10.2. The summed E-state index contributed by atoms with van der Waals surface area (Å²) in [6, 6.07) is 5.45. The lowest BCUT2D eigenvalue weighted by atomic mass is 9.80. The molecule has 112 valence electrons. The van der Waals surface area contributed by atoms with Crippen LogP contribution in [0.4, 0.5) is 5.69 Å². The van der Waals surface area contributed by atoms with Crippen LogP contribution in [-0.2, 0) is 11.3 Å². The number of rotatable bonds is 5. The van der Waals surface area contributed by atoms with Crippen molar-refractivity contribution in [2.24, 2.45) is 0 Å². The van der Waals surface area contributed by atoms with Gasteiger partial charge in [0.1, 0.15) is 5.75 Å². The first kappa shape index (κ1) is 13.8. The Balaban J connectivity index is 1.95. The molecule has 1 aromatic heterocycles. The first-order valence-corrected chi connectivity index (χ1v) is 6.93. The zero-order valence-corrected chi connectivity index (χ0v) is 12.2. The molecule has 1 aliphatic rings. The van der Waals surface area contributed by atoms with E-state index in [4.69, 9.17) is 15.2 Å². The smallest absolute Gasteiger partial charge is 0.184 e. The number of ether oxygens (including phenoxy) is 2. The summed E-state index contributed by atoms with van der Waals surface area (Å²) in [6.07, 6.45) is 3.22. The zero-order valence-electron chi connectivity index (χ0n) is 12.2. The van der Waals surface area contributed by atoms with E-state index in [-0.39, 0.29) is 5.60 Å². The molecule has 0 amide bonds. The van der Waals surface area contributed by atoms with Gasteiger partial charge in [-0.2, -0.15) is 0 Å². The van der Waals surface area contributed by atoms with E-state index < -0.39 is 0 Å². The number of aromatic nitrogens is 4. The van der Waals surface area contributed by atoms with Crippen molar-refractivity contribution >= 4 is 5.69 Å². The average Bonchev–Trinajstić information content (AvgIpc) is 2.91. The molecule has 1 aliphatic carbocycles. The Kier molecular flexibility index (Phi) is 3.50. The van der Waals surface area contributed by atoms with Crippen LogP contribution in [0.3, 0.4) is 0 Å². The number of tetrazole rings is 1. The molecule has 0 unspecified atom stereocenters. The number of nitrogens with two attached hydrogens (primary N) is 1. The fraction of sp³-hybridized carbons (Fsp3) is 0.500. The molecule has 1 heterocycles. The highest BCUT2D eigenvalue weighted by Gasteiger charge is 2.38. The summed E-state index contributed by atoms with van der Waals surface area (Å²) in [4.78, 5) is 0. The van der Waals surface area contributed by atoms with Crippen molar-refractivity contribution in [1.82, 2.24) is 20.2 Å². The molecular weight excluding hydrogens is 270 g/mol. The van der Waals surface area contributed by atoms with E-state index in [9.17, 15) is 0 Å². The molecule has 1 saturated carbocycles. The minimum atomic E-state index is -0.155. The Bertz CT molecular complexity index is 631. The minimum Gasteiger partial charge on any atom is -0.497 e. The van der Waals surface area contributed by atoms with Gasteiger partial charge in [0.05, 0.1) is 19.3 Å². The van der Waals surface area contributed by atoms with Crippen molar-refractivity contribution < 1.29 is 9.47 Å².